The minimum absolute atomic E-state index is 0.128. The van der Waals surface area contributed by atoms with Crippen molar-refractivity contribution in [1.29, 1.82) is 0 Å². The molecule has 2 N–H and O–H groups in total. The van der Waals surface area contributed by atoms with E-state index in [0.717, 1.165) is 5.01 Å². The third kappa shape index (κ3) is 3.21. The molecular formula is C14H14N2O3S. The fourth-order valence-electron chi connectivity index (χ4n) is 1.88. The molecule has 1 amide bonds. The van der Waals surface area contributed by atoms with E-state index in [9.17, 15) is 9.59 Å². The molecule has 0 saturated carbocycles. The van der Waals surface area contributed by atoms with Crippen LogP contribution in [0.15, 0.2) is 24.3 Å². The summed E-state index contributed by atoms with van der Waals surface area (Å²) in [5.41, 5.74) is 1.78. The molecule has 0 spiro atoms. The molecule has 2 rings (SSSR count). The zero-order valence-electron chi connectivity index (χ0n) is 11.1. The second kappa shape index (κ2) is 5.83. The quantitative estimate of drug-likeness (QED) is 0.907. The van der Waals surface area contributed by atoms with Crippen molar-refractivity contribution in [2.24, 2.45) is 0 Å². The van der Waals surface area contributed by atoms with Crippen LogP contribution in [0.3, 0.4) is 0 Å². The van der Waals surface area contributed by atoms with Gasteiger partial charge in [-0.2, -0.15) is 0 Å². The minimum atomic E-state index is -0.934. The molecule has 20 heavy (non-hydrogen) atoms. The fourth-order valence-corrected chi connectivity index (χ4v) is 2.70. The fraction of sp³-hybridized carbons (Fsp3) is 0.214. The summed E-state index contributed by atoms with van der Waals surface area (Å²) in [5.74, 6) is -1.19. The molecule has 0 aliphatic carbocycles. The Morgan fingerprint density at radius 1 is 1.30 bits per heavy atom. The number of nitrogens with one attached hydrogen (secondary N) is 1. The van der Waals surface area contributed by atoms with Gasteiger partial charge < -0.3 is 10.4 Å². The number of carbonyl (C=O) groups excluding carboxylic acids is 1. The van der Waals surface area contributed by atoms with Crippen LogP contribution in [-0.2, 0) is 11.2 Å². The average molecular weight is 290 g/mol. The number of anilines is 1. The molecule has 5 nitrogen and oxygen atoms in total. The summed E-state index contributed by atoms with van der Waals surface area (Å²) in [6.45, 7) is 3.62. The number of carboxylic acids is 1. The van der Waals surface area contributed by atoms with Gasteiger partial charge in [0.2, 0.25) is 0 Å². The number of rotatable bonds is 4. The van der Waals surface area contributed by atoms with Crippen LogP contribution in [-0.4, -0.2) is 22.0 Å². The molecule has 6 heteroatoms. The first-order valence-corrected chi connectivity index (χ1v) is 6.84. The van der Waals surface area contributed by atoms with Gasteiger partial charge in [0.15, 0.2) is 0 Å². The van der Waals surface area contributed by atoms with Gasteiger partial charge in [-0.3, -0.25) is 9.59 Å². The lowest BCUT2D eigenvalue weighted by Gasteiger charge is -2.09. The van der Waals surface area contributed by atoms with Crippen molar-refractivity contribution in [2.75, 3.05) is 5.32 Å². The van der Waals surface area contributed by atoms with Crippen molar-refractivity contribution in [3.63, 3.8) is 0 Å². The summed E-state index contributed by atoms with van der Waals surface area (Å²) in [6.07, 6.45) is -0.128. The molecule has 2 aromatic rings. The van der Waals surface area contributed by atoms with E-state index in [1.807, 2.05) is 6.92 Å². The number of amides is 1. The lowest BCUT2D eigenvalue weighted by Crippen LogP contribution is -2.14. The van der Waals surface area contributed by atoms with Crippen molar-refractivity contribution in [3.8, 4) is 0 Å². The Kier molecular flexibility index (Phi) is 4.14. The molecule has 0 atom stereocenters. The van der Waals surface area contributed by atoms with Crippen LogP contribution in [0.25, 0.3) is 0 Å². The highest BCUT2D eigenvalue weighted by Gasteiger charge is 2.15. The molecule has 104 valence electrons. The van der Waals surface area contributed by atoms with Crippen LogP contribution in [0.5, 0.6) is 0 Å². The topological polar surface area (TPSA) is 79.3 Å². The molecule has 1 heterocycles. The summed E-state index contributed by atoms with van der Waals surface area (Å²) in [7, 11) is 0. The van der Waals surface area contributed by atoms with Gasteiger partial charge in [-0.25, -0.2) is 4.98 Å². The van der Waals surface area contributed by atoms with E-state index in [1.165, 1.54) is 11.3 Å². The highest BCUT2D eigenvalue weighted by molar-refractivity contribution is 7.13. The third-order valence-corrected chi connectivity index (χ3v) is 3.79. The van der Waals surface area contributed by atoms with Gasteiger partial charge in [0, 0.05) is 5.69 Å². The van der Waals surface area contributed by atoms with Crippen LogP contribution >= 0.6 is 11.3 Å². The van der Waals surface area contributed by atoms with E-state index in [2.05, 4.69) is 10.3 Å². The summed E-state index contributed by atoms with van der Waals surface area (Å²) in [6, 6.07) is 6.88. The second-order valence-corrected chi connectivity index (χ2v) is 5.53. The summed E-state index contributed by atoms with van der Waals surface area (Å²) in [5, 5.41) is 12.4. The summed E-state index contributed by atoms with van der Waals surface area (Å²) >= 11 is 1.32. The largest absolute Gasteiger partial charge is 0.481 e. The van der Waals surface area contributed by atoms with E-state index in [-0.39, 0.29) is 12.3 Å². The Balaban J connectivity index is 2.24. The molecule has 0 bridgehead atoms. The summed E-state index contributed by atoms with van der Waals surface area (Å²) in [4.78, 5) is 27.8. The normalized spacial score (nSPS) is 10.3. The van der Waals surface area contributed by atoms with Gasteiger partial charge in [-0.15, -0.1) is 11.3 Å². The first-order chi connectivity index (χ1) is 9.47. The number of para-hydroxylation sites is 1. The van der Waals surface area contributed by atoms with Crippen LogP contribution in [0, 0.1) is 13.8 Å². The Bertz CT molecular complexity index is 664. The number of aromatic nitrogens is 1. The van der Waals surface area contributed by atoms with Crippen LogP contribution in [0.2, 0.25) is 0 Å². The lowest BCUT2D eigenvalue weighted by atomic mass is 10.1. The monoisotopic (exact) mass is 290 g/mol. The number of benzene rings is 1. The molecule has 0 radical (unpaired) electrons. The molecule has 0 fully saturated rings. The third-order valence-electron chi connectivity index (χ3n) is 2.72. The lowest BCUT2D eigenvalue weighted by molar-refractivity contribution is -0.136. The zero-order valence-corrected chi connectivity index (χ0v) is 12.0. The number of nitrogens with zero attached hydrogens (tertiary/aromatic N) is 1. The van der Waals surface area contributed by atoms with E-state index < -0.39 is 5.97 Å². The van der Waals surface area contributed by atoms with Gasteiger partial charge >= 0.3 is 5.97 Å². The van der Waals surface area contributed by atoms with E-state index in [4.69, 9.17) is 5.11 Å². The smallest absolute Gasteiger partial charge is 0.307 e. The van der Waals surface area contributed by atoms with E-state index >= 15 is 0 Å². The van der Waals surface area contributed by atoms with E-state index in [0.29, 0.717) is 21.8 Å². The first kappa shape index (κ1) is 14.2. The Hall–Kier alpha value is -2.21. The second-order valence-electron chi connectivity index (χ2n) is 4.33. The molecule has 0 aliphatic heterocycles. The zero-order chi connectivity index (χ0) is 14.7. The van der Waals surface area contributed by atoms with Crippen molar-refractivity contribution >= 4 is 28.9 Å². The van der Waals surface area contributed by atoms with Crippen molar-refractivity contribution in [3.05, 3.63) is 45.4 Å². The minimum Gasteiger partial charge on any atom is -0.481 e. The average Bonchev–Trinajstić information content (AvgIpc) is 2.70. The van der Waals surface area contributed by atoms with Gasteiger partial charge in [0.1, 0.15) is 4.88 Å². The highest BCUT2D eigenvalue weighted by Crippen LogP contribution is 2.21. The SMILES string of the molecule is Cc1nc(C)c(C(=O)Nc2ccccc2CC(=O)O)s1. The number of aryl methyl sites for hydroxylation is 2. The van der Waals surface area contributed by atoms with Gasteiger partial charge in [-0.1, -0.05) is 18.2 Å². The number of carbonyl (C=O) groups is 2. The number of carboxylic acid groups (broad SMARTS) is 1. The van der Waals surface area contributed by atoms with Crippen molar-refractivity contribution in [2.45, 2.75) is 20.3 Å². The predicted molar refractivity (Wildman–Crippen MR) is 77.3 cm³/mol. The molecular weight excluding hydrogens is 276 g/mol. The first-order valence-electron chi connectivity index (χ1n) is 6.02. The van der Waals surface area contributed by atoms with Gasteiger partial charge in [0.05, 0.1) is 17.1 Å². The Morgan fingerprint density at radius 2 is 2.00 bits per heavy atom. The van der Waals surface area contributed by atoms with Crippen LogP contribution < -0.4 is 5.32 Å². The number of hydrogen-bond donors (Lipinski definition) is 2. The predicted octanol–water partition coefficient (Wildman–Crippen LogP) is 2.64. The Morgan fingerprint density at radius 3 is 2.60 bits per heavy atom. The van der Waals surface area contributed by atoms with E-state index in [1.54, 1.807) is 31.2 Å². The van der Waals surface area contributed by atoms with Crippen molar-refractivity contribution in [1.82, 2.24) is 4.98 Å². The van der Waals surface area contributed by atoms with Crippen molar-refractivity contribution < 1.29 is 14.7 Å². The molecule has 0 aliphatic rings. The molecule has 0 unspecified atom stereocenters. The standard InChI is InChI=1S/C14H14N2O3S/c1-8-13(20-9(2)15-8)14(19)16-11-6-4-3-5-10(11)7-12(17)18/h3-6H,7H2,1-2H3,(H,16,19)(H,17,18). The van der Waals surface area contributed by atoms with Gasteiger partial charge in [0.25, 0.3) is 5.91 Å². The van der Waals surface area contributed by atoms with Crippen LogP contribution in [0.1, 0.15) is 25.9 Å². The summed E-state index contributed by atoms with van der Waals surface area (Å²) < 4.78 is 0. The maximum Gasteiger partial charge on any atom is 0.307 e. The number of hydrogen-bond acceptors (Lipinski definition) is 4. The molecule has 1 aromatic carbocycles. The highest BCUT2D eigenvalue weighted by atomic mass is 32.1. The number of thiazole rings is 1. The maximum absolute atomic E-state index is 12.2. The van der Waals surface area contributed by atoms with Gasteiger partial charge in [-0.05, 0) is 25.5 Å². The molecule has 0 saturated heterocycles. The van der Waals surface area contributed by atoms with Crippen LogP contribution in [0.4, 0.5) is 5.69 Å². The molecule has 1 aromatic heterocycles. The number of aliphatic carboxylic acids is 1. The Labute approximate surface area is 120 Å². The maximum atomic E-state index is 12.2.